The van der Waals surface area contributed by atoms with Crippen molar-refractivity contribution in [1.29, 1.82) is 0 Å². The van der Waals surface area contributed by atoms with E-state index in [4.69, 9.17) is 15.9 Å². The van der Waals surface area contributed by atoms with Gasteiger partial charge in [0, 0.05) is 25.3 Å². The molecule has 0 fully saturated rings. The maximum Gasteiger partial charge on any atom is 0.328 e. The molecule has 0 saturated carbocycles. The molecule has 4 N–H and O–H groups in total. The maximum atomic E-state index is 11.4. The first-order chi connectivity index (χ1) is 7.61. The lowest BCUT2D eigenvalue weighted by atomic mass is 10.2. The van der Waals surface area contributed by atoms with Gasteiger partial charge in [0.2, 0.25) is 5.91 Å². The number of carboxylic acid groups (broad SMARTS) is 1. The number of nitrogens with zero attached hydrogens (tertiary/aromatic N) is 1. The Morgan fingerprint density at radius 3 is 2.38 bits per heavy atom. The Morgan fingerprint density at radius 2 is 1.88 bits per heavy atom. The Bertz CT molecular complexity index is 253. The molecule has 0 aromatic rings. The predicted octanol–water partition coefficient (Wildman–Crippen LogP) is -0.465. The fourth-order valence-corrected chi connectivity index (χ4v) is 1.13. The summed E-state index contributed by atoms with van der Waals surface area (Å²) < 4.78 is 0. The van der Waals surface area contributed by atoms with Crippen LogP contribution in [0.15, 0.2) is 12.2 Å². The molecule has 6 nitrogen and oxygen atoms in total. The minimum Gasteiger partial charge on any atom is -0.478 e. The van der Waals surface area contributed by atoms with Crippen molar-refractivity contribution in [3.8, 4) is 0 Å². The number of nitrogens with two attached hydrogens (primary N) is 1. The number of aliphatic hydroxyl groups excluding tert-OH is 1. The quantitative estimate of drug-likeness (QED) is 0.297. The minimum atomic E-state index is -1.16. The van der Waals surface area contributed by atoms with Gasteiger partial charge in [0.05, 0.1) is 6.67 Å². The van der Waals surface area contributed by atoms with E-state index in [0.29, 0.717) is 13.0 Å². The maximum absolute atomic E-state index is 11.4. The zero-order valence-electron chi connectivity index (χ0n) is 9.13. The molecule has 6 heteroatoms. The SMILES string of the molecule is NCN(CCCCCO)C(=O)/C=C\C(=O)O. The summed E-state index contributed by atoms with van der Waals surface area (Å²) in [7, 11) is 0. The molecule has 1 amide bonds. The number of carbonyl (C=O) groups is 2. The highest BCUT2D eigenvalue weighted by Crippen LogP contribution is 1.98. The standard InChI is InChI=1S/C10H18N2O4/c11-8-12(6-2-1-3-7-13)9(14)4-5-10(15)16/h4-5,13H,1-3,6-8,11H2,(H,15,16)/b5-4-. The van der Waals surface area contributed by atoms with E-state index < -0.39 is 11.9 Å². The molecule has 0 bridgehead atoms. The summed E-state index contributed by atoms with van der Waals surface area (Å²) in [5, 5.41) is 16.9. The Kier molecular flexibility index (Phi) is 8.10. The number of hydrogen-bond donors (Lipinski definition) is 3. The lowest BCUT2D eigenvalue weighted by Gasteiger charge is -2.18. The van der Waals surface area contributed by atoms with Crippen LogP contribution in [0.3, 0.4) is 0 Å². The summed E-state index contributed by atoms with van der Waals surface area (Å²) in [6, 6.07) is 0. The Labute approximate surface area is 94.3 Å². The number of hydrogen-bond acceptors (Lipinski definition) is 4. The van der Waals surface area contributed by atoms with E-state index in [9.17, 15) is 9.59 Å². The first-order valence-electron chi connectivity index (χ1n) is 5.12. The van der Waals surface area contributed by atoms with Crippen molar-refractivity contribution < 1.29 is 19.8 Å². The van der Waals surface area contributed by atoms with E-state index >= 15 is 0 Å². The molecule has 92 valence electrons. The van der Waals surface area contributed by atoms with Gasteiger partial charge in [-0.2, -0.15) is 0 Å². The van der Waals surface area contributed by atoms with Gasteiger partial charge in [0.1, 0.15) is 0 Å². The molecule has 0 aliphatic rings. The Balaban J connectivity index is 3.97. The summed E-state index contributed by atoms with van der Waals surface area (Å²) >= 11 is 0. The zero-order valence-corrected chi connectivity index (χ0v) is 9.13. The zero-order chi connectivity index (χ0) is 12.4. The van der Waals surface area contributed by atoms with Gasteiger partial charge < -0.3 is 20.8 Å². The second-order valence-electron chi connectivity index (χ2n) is 3.24. The van der Waals surface area contributed by atoms with Crippen LogP contribution >= 0.6 is 0 Å². The molecule has 0 heterocycles. The monoisotopic (exact) mass is 230 g/mol. The third-order valence-corrected chi connectivity index (χ3v) is 1.99. The number of rotatable bonds is 8. The first kappa shape index (κ1) is 14.6. The Morgan fingerprint density at radius 1 is 1.19 bits per heavy atom. The van der Waals surface area contributed by atoms with E-state index in [1.165, 1.54) is 4.90 Å². The van der Waals surface area contributed by atoms with Crippen LogP contribution in [0.1, 0.15) is 19.3 Å². The van der Waals surface area contributed by atoms with Gasteiger partial charge in [-0.05, 0) is 19.3 Å². The normalized spacial score (nSPS) is 10.6. The molecular formula is C10H18N2O4. The smallest absolute Gasteiger partial charge is 0.328 e. The lowest BCUT2D eigenvalue weighted by molar-refractivity contribution is -0.132. The summed E-state index contributed by atoms with van der Waals surface area (Å²) in [6.07, 6.45) is 4.02. The molecule has 0 unspecified atom stereocenters. The van der Waals surface area contributed by atoms with Gasteiger partial charge >= 0.3 is 5.97 Å². The highest BCUT2D eigenvalue weighted by molar-refractivity contribution is 5.93. The molecule has 0 rings (SSSR count). The number of carbonyl (C=O) groups excluding carboxylic acids is 1. The van der Waals surface area contributed by atoms with Crippen LogP contribution in [0, 0.1) is 0 Å². The van der Waals surface area contributed by atoms with Crippen LogP contribution in [0.2, 0.25) is 0 Å². The van der Waals surface area contributed by atoms with Gasteiger partial charge in [-0.1, -0.05) is 0 Å². The average Bonchev–Trinajstić information content (AvgIpc) is 2.26. The fraction of sp³-hybridized carbons (Fsp3) is 0.600. The van der Waals surface area contributed by atoms with E-state index in [2.05, 4.69) is 0 Å². The Hall–Kier alpha value is -1.40. The predicted molar refractivity (Wildman–Crippen MR) is 58.5 cm³/mol. The lowest BCUT2D eigenvalue weighted by Crippen LogP contribution is -2.35. The van der Waals surface area contributed by atoms with Gasteiger partial charge in [-0.15, -0.1) is 0 Å². The first-order valence-corrected chi connectivity index (χ1v) is 5.12. The molecule has 16 heavy (non-hydrogen) atoms. The topological polar surface area (TPSA) is 104 Å². The number of amides is 1. The highest BCUT2D eigenvalue weighted by Gasteiger charge is 2.07. The fourth-order valence-electron chi connectivity index (χ4n) is 1.13. The van der Waals surface area contributed by atoms with Gasteiger partial charge in [0.25, 0.3) is 0 Å². The number of aliphatic hydroxyl groups is 1. The van der Waals surface area contributed by atoms with Crippen molar-refractivity contribution >= 4 is 11.9 Å². The van der Waals surface area contributed by atoms with Crippen molar-refractivity contribution in [1.82, 2.24) is 4.90 Å². The molecule has 0 spiro atoms. The van der Waals surface area contributed by atoms with Crippen molar-refractivity contribution in [2.45, 2.75) is 19.3 Å². The molecule has 0 saturated heterocycles. The third kappa shape index (κ3) is 6.97. The third-order valence-electron chi connectivity index (χ3n) is 1.99. The molecule has 0 aliphatic carbocycles. The van der Waals surface area contributed by atoms with E-state index in [1.807, 2.05) is 0 Å². The van der Waals surface area contributed by atoms with Crippen LogP contribution in [0.4, 0.5) is 0 Å². The molecule has 0 aromatic heterocycles. The highest BCUT2D eigenvalue weighted by atomic mass is 16.4. The van der Waals surface area contributed by atoms with Gasteiger partial charge in [0.15, 0.2) is 0 Å². The van der Waals surface area contributed by atoms with Crippen LogP contribution in [-0.2, 0) is 9.59 Å². The summed E-state index contributed by atoms with van der Waals surface area (Å²) in [4.78, 5) is 22.9. The van der Waals surface area contributed by atoms with Crippen LogP contribution in [-0.4, -0.2) is 46.8 Å². The molecular weight excluding hydrogens is 212 g/mol. The number of carboxylic acids is 1. The summed E-state index contributed by atoms with van der Waals surface area (Å²) in [5.74, 6) is -1.57. The van der Waals surface area contributed by atoms with Crippen LogP contribution < -0.4 is 5.73 Å². The van der Waals surface area contributed by atoms with Crippen molar-refractivity contribution in [2.24, 2.45) is 5.73 Å². The second kappa shape index (κ2) is 8.87. The number of aliphatic carboxylic acids is 1. The van der Waals surface area contributed by atoms with E-state index in [0.717, 1.165) is 25.0 Å². The van der Waals surface area contributed by atoms with Crippen molar-refractivity contribution in [3.05, 3.63) is 12.2 Å². The molecule has 0 atom stereocenters. The van der Waals surface area contributed by atoms with Crippen LogP contribution in [0.5, 0.6) is 0 Å². The minimum absolute atomic E-state index is 0.0575. The second-order valence-corrected chi connectivity index (χ2v) is 3.24. The average molecular weight is 230 g/mol. The van der Waals surface area contributed by atoms with Crippen molar-refractivity contribution in [3.63, 3.8) is 0 Å². The summed E-state index contributed by atoms with van der Waals surface area (Å²) in [6.45, 7) is 0.663. The molecule has 0 radical (unpaired) electrons. The van der Waals surface area contributed by atoms with E-state index in [-0.39, 0.29) is 13.3 Å². The summed E-state index contributed by atoms with van der Waals surface area (Å²) in [5.41, 5.74) is 5.37. The van der Waals surface area contributed by atoms with Gasteiger partial charge in [-0.3, -0.25) is 4.79 Å². The molecule has 0 aromatic carbocycles. The van der Waals surface area contributed by atoms with Crippen LogP contribution in [0.25, 0.3) is 0 Å². The van der Waals surface area contributed by atoms with E-state index in [1.54, 1.807) is 0 Å². The van der Waals surface area contributed by atoms with Crippen molar-refractivity contribution in [2.75, 3.05) is 19.8 Å². The van der Waals surface area contributed by atoms with Gasteiger partial charge in [-0.25, -0.2) is 4.79 Å². The number of unbranched alkanes of at least 4 members (excludes halogenated alkanes) is 2. The molecule has 0 aliphatic heterocycles. The largest absolute Gasteiger partial charge is 0.478 e.